The fourth-order valence-electron chi connectivity index (χ4n) is 1.83. The Morgan fingerprint density at radius 3 is 2.75 bits per heavy atom. The van der Waals surface area contributed by atoms with Crippen LogP contribution in [0.1, 0.15) is 38.7 Å². The number of benzene rings is 1. The molecule has 0 radical (unpaired) electrons. The van der Waals surface area contributed by atoms with Crippen LogP contribution in [0.15, 0.2) is 18.2 Å². The maximum Gasteiger partial charge on any atom is 0.227 e. The average Bonchev–Trinajstić information content (AvgIpc) is 2.40. The maximum atomic E-state index is 12.0. The third-order valence-corrected chi connectivity index (χ3v) is 3.43. The van der Waals surface area contributed by atoms with Crippen LogP contribution in [0.3, 0.4) is 0 Å². The number of nitriles is 1. The lowest BCUT2D eigenvalue weighted by atomic mass is 10.0. The van der Waals surface area contributed by atoms with Gasteiger partial charge in [0.2, 0.25) is 5.91 Å². The molecule has 4 nitrogen and oxygen atoms in total. The monoisotopic (exact) mass is 293 g/mol. The second kappa shape index (κ2) is 7.88. The van der Waals surface area contributed by atoms with Crippen LogP contribution in [0.2, 0.25) is 5.02 Å². The van der Waals surface area contributed by atoms with E-state index in [1.165, 1.54) is 0 Å². The first-order valence-electron chi connectivity index (χ1n) is 6.70. The molecule has 2 atom stereocenters. The molecule has 3 N–H and O–H groups in total. The smallest absolute Gasteiger partial charge is 0.227 e. The number of nitrogens with zero attached hydrogens (tertiary/aromatic N) is 1. The van der Waals surface area contributed by atoms with Crippen molar-refractivity contribution < 1.29 is 4.79 Å². The van der Waals surface area contributed by atoms with Gasteiger partial charge in [-0.3, -0.25) is 4.79 Å². The van der Waals surface area contributed by atoms with Crippen molar-refractivity contribution in [2.24, 2.45) is 11.7 Å². The topological polar surface area (TPSA) is 78.9 Å². The lowest BCUT2D eigenvalue weighted by Crippen LogP contribution is -2.21. The van der Waals surface area contributed by atoms with Crippen LogP contribution in [0.25, 0.3) is 0 Å². The zero-order valence-electron chi connectivity index (χ0n) is 11.8. The van der Waals surface area contributed by atoms with E-state index in [1.807, 2.05) is 19.9 Å². The third-order valence-electron chi connectivity index (χ3n) is 3.10. The van der Waals surface area contributed by atoms with E-state index in [9.17, 15) is 4.79 Å². The molecule has 0 spiro atoms. The summed E-state index contributed by atoms with van der Waals surface area (Å²) in [5.41, 5.74) is 6.63. The highest BCUT2D eigenvalue weighted by atomic mass is 35.5. The van der Waals surface area contributed by atoms with E-state index in [-0.39, 0.29) is 17.9 Å². The molecule has 5 heteroatoms. The quantitative estimate of drug-likeness (QED) is 0.844. The van der Waals surface area contributed by atoms with E-state index in [4.69, 9.17) is 22.6 Å². The van der Waals surface area contributed by atoms with Crippen LogP contribution in [0, 0.1) is 17.2 Å². The Kier molecular flexibility index (Phi) is 6.50. The zero-order chi connectivity index (χ0) is 15.1. The van der Waals surface area contributed by atoms with Gasteiger partial charge < -0.3 is 11.1 Å². The van der Waals surface area contributed by atoms with Gasteiger partial charge in [-0.15, -0.1) is 0 Å². The molecular weight excluding hydrogens is 274 g/mol. The predicted octanol–water partition coefficient (Wildman–Crippen LogP) is 3.30. The van der Waals surface area contributed by atoms with Gasteiger partial charge in [0.25, 0.3) is 0 Å². The number of carbonyl (C=O) groups is 1. The highest BCUT2D eigenvalue weighted by molar-refractivity contribution is 6.31. The van der Waals surface area contributed by atoms with Crippen LogP contribution in [-0.2, 0) is 4.79 Å². The van der Waals surface area contributed by atoms with Crippen LogP contribution in [-0.4, -0.2) is 11.9 Å². The Morgan fingerprint density at radius 1 is 1.45 bits per heavy atom. The van der Waals surface area contributed by atoms with Crippen LogP contribution in [0.4, 0.5) is 5.69 Å². The number of anilines is 1. The van der Waals surface area contributed by atoms with E-state index in [1.54, 1.807) is 18.2 Å². The van der Waals surface area contributed by atoms with Crippen molar-refractivity contribution in [1.29, 1.82) is 5.26 Å². The van der Waals surface area contributed by atoms with E-state index in [2.05, 4.69) is 5.32 Å². The lowest BCUT2D eigenvalue weighted by Gasteiger charge is -2.13. The summed E-state index contributed by atoms with van der Waals surface area (Å²) in [5, 5.41) is 12.1. The molecule has 0 saturated heterocycles. The third kappa shape index (κ3) is 5.20. The molecular formula is C15H20ClN3O. The summed E-state index contributed by atoms with van der Waals surface area (Å²) in [6, 6.07) is 7.03. The summed E-state index contributed by atoms with van der Waals surface area (Å²) in [4.78, 5) is 12.0. The first-order valence-corrected chi connectivity index (χ1v) is 7.08. The van der Waals surface area contributed by atoms with Gasteiger partial charge in [-0.1, -0.05) is 24.9 Å². The minimum absolute atomic E-state index is 0.0547. The summed E-state index contributed by atoms with van der Waals surface area (Å²) in [6.07, 6.45) is 2.64. The number of carbonyl (C=O) groups excluding carboxylic acids is 1. The summed E-state index contributed by atoms with van der Waals surface area (Å²) < 4.78 is 0. The molecule has 0 aromatic heterocycles. The maximum absolute atomic E-state index is 12.0. The molecule has 1 aromatic carbocycles. The second-order valence-corrected chi connectivity index (χ2v) is 5.51. The van der Waals surface area contributed by atoms with E-state index >= 15 is 0 Å². The Labute approximate surface area is 124 Å². The van der Waals surface area contributed by atoms with Crippen LogP contribution >= 0.6 is 11.6 Å². The summed E-state index contributed by atoms with van der Waals surface area (Å²) in [5.74, 6) is -0.143. The minimum atomic E-state index is -0.0880. The van der Waals surface area contributed by atoms with Crippen molar-refractivity contribution in [3.8, 4) is 6.07 Å². The lowest BCUT2D eigenvalue weighted by molar-refractivity contribution is -0.119. The summed E-state index contributed by atoms with van der Waals surface area (Å²) in [6.45, 7) is 3.85. The van der Waals surface area contributed by atoms with Crippen LogP contribution < -0.4 is 11.1 Å². The van der Waals surface area contributed by atoms with Crippen LogP contribution in [0.5, 0.6) is 0 Å². The molecule has 0 heterocycles. The van der Waals surface area contributed by atoms with Gasteiger partial charge in [-0.25, -0.2) is 0 Å². The zero-order valence-corrected chi connectivity index (χ0v) is 12.6. The van der Waals surface area contributed by atoms with Crippen molar-refractivity contribution in [2.75, 3.05) is 5.32 Å². The van der Waals surface area contributed by atoms with E-state index < -0.39 is 0 Å². The van der Waals surface area contributed by atoms with Gasteiger partial charge in [-0.05, 0) is 38.0 Å². The molecule has 0 saturated carbocycles. The van der Waals surface area contributed by atoms with Crippen molar-refractivity contribution in [1.82, 2.24) is 0 Å². The van der Waals surface area contributed by atoms with Crippen molar-refractivity contribution >= 4 is 23.2 Å². The molecule has 0 bridgehead atoms. The van der Waals surface area contributed by atoms with Crippen molar-refractivity contribution in [3.63, 3.8) is 0 Å². The Morgan fingerprint density at radius 2 is 2.15 bits per heavy atom. The largest absolute Gasteiger partial charge is 0.328 e. The molecule has 1 amide bonds. The second-order valence-electron chi connectivity index (χ2n) is 5.10. The Bertz CT molecular complexity index is 508. The fraction of sp³-hybridized carbons (Fsp3) is 0.467. The van der Waals surface area contributed by atoms with E-state index in [0.29, 0.717) is 16.3 Å². The molecule has 0 aliphatic carbocycles. The molecule has 108 valence electrons. The molecule has 1 rings (SSSR count). The van der Waals surface area contributed by atoms with Gasteiger partial charge in [-0.2, -0.15) is 5.26 Å². The number of rotatable bonds is 6. The number of hydrogen-bond acceptors (Lipinski definition) is 3. The number of halogens is 1. The number of hydrogen-bond donors (Lipinski definition) is 2. The van der Waals surface area contributed by atoms with E-state index in [0.717, 1.165) is 19.3 Å². The van der Waals surface area contributed by atoms with Gasteiger partial charge >= 0.3 is 0 Å². The fourth-order valence-corrected chi connectivity index (χ4v) is 1.99. The first-order chi connectivity index (χ1) is 9.43. The van der Waals surface area contributed by atoms with Gasteiger partial charge in [0.05, 0.1) is 10.6 Å². The number of nitrogens with one attached hydrogen (secondary N) is 1. The summed E-state index contributed by atoms with van der Waals surface area (Å²) in [7, 11) is 0. The normalized spacial score (nSPS) is 13.3. The first kappa shape index (κ1) is 16.5. The molecule has 2 unspecified atom stereocenters. The number of amides is 1. The molecule has 0 aliphatic rings. The van der Waals surface area contributed by atoms with Crippen molar-refractivity contribution in [3.05, 3.63) is 28.8 Å². The highest BCUT2D eigenvalue weighted by Crippen LogP contribution is 2.20. The molecule has 20 heavy (non-hydrogen) atoms. The minimum Gasteiger partial charge on any atom is -0.328 e. The Balaban J connectivity index is 2.55. The molecule has 1 aromatic rings. The van der Waals surface area contributed by atoms with Gasteiger partial charge in [0.15, 0.2) is 0 Å². The molecule has 0 fully saturated rings. The molecule has 0 aliphatic heterocycles. The van der Waals surface area contributed by atoms with Gasteiger partial charge in [0, 0.05) is 17.6 Å². The number of nitrogens with two attached hydrogens (primary N) is 1. The predicted molar refractivity (Wildman–Crippen MR) is 81.5 cm³/mol. The summed E-state index contributed by atoms with van der Waals surface area (Å²) >= 11 is 5.85. The standard InChI is InChI=1S/C15H20ClN3O/c1-10(4-3-5-11(2)18)15(20)19-13-6-7-14(16)12(8-13)9-17/h6-8,10-11H,3-5,18H2,1-2H3,(H,19,20). The van der Waals surface area contributed by atoms with Crippen molar-refractivity contribution in [2.45, 2.75) is 39.2 Å². The Hall–Kier alpha value is -1.57. The highest BCUT2D eigenvalue weighted by Gasteiger charge is 2.13. The van der Waals surface area contributed by atoms with Gasteiger partial charge in [0.1, 0.15) is 6.07 Å². The average molecular weight is 294 g/mol. The SMILES string of the molecule is CC(N)CCCC(C)C(=O)Nc1ccc(Cl)c(C#N)c1.